The van der Waals surface area contributed by atoms with Gasteiger partial charge in [0.05, 0.1) is 26.4 Å². The van der Waals surface area contributed by atoms with Crippen LogP contribution in [0.2, 0.25) is 0 Å². The van der Waals surface area contributed by atoms with Crippen molar-refractivity contribution in [3.63, 3.8) is 0 Å². The van der Waals surface area contributed by atoms with Gasteiger partial charge in [-0.05, 0) is 37.5 Å². The monoisotopic (exact) mass is 1180 g/mol. The molecular formula is C61H118O17P2. The summed E-state index contributed by atoms with van der Waals surface area (Å²) in [6.07, 6.45) is 35.1. The largest absolute Gasteiger partial charge is 0.472 e. The van der Waals surface area contributed by atoms with E-state index in [4.69, 9.17) is 37.0 Å². The Kier molecular flexibility index (Phi) is 52.5. The summed E-state index contributed by atoms with van der Waals surface area (Å²) >= 11 is 0. The van der Waals surface area contributed by atoms with Crippen LogP contribution in [0, 0.1) is 11.8 Å². The maximum atomic E-state index is 12.9. The minimum atomic E-state index is -4.94. The number of carbonyl (C=O) groups excluding carboxylic acids is 4. The first-order valence-electron chi connectivity index (χ1n) is 32.0. The number of unbranched alkanes of at least 4 members (excludes halogenated alkanes) is 29. The minimum absolute atomic E-state index is 0.104. The number of ether oxygens (including phenoxy) is 4. The van der Waals surface area contributed by atoms with E-state index < -0.39 is 97.5 Å². The molecule has 474 valence electrons. The lowest BCUT2D eigenvalue weighted by atomic mass is 9.99. The van der Waals surface area contributed by atoms with Crippen LogP contribution in [0.4, 0.5) is 0 Å². The number of hydrogen-bond donors (Lipinski definition) is 3. The Hall–Kier alpha value is -1.94. The Morgan fingerprint density at radius 1 is 0.362 bits per heavy atom. The molecule has 80 heavy (non-hydrogen) atoms. The average molecular weight is 1190 g/mol. The maximum absolute atomic E-state index is 12.9. The number of esters is 4. The van der Waals surface area contributed by atoms with Crippen LogP contribution in [0.3, 0.4) is 0 Å². The molecule has 17 nitrogen and oxygen atoms in total. The van der Waals surface area contributed by atoms with Crippen LogP contribution >= 0.6 is 15.6 Å². The molecule has 0 fully saturated rings. The van der Waals surface area contributed by atoms with E-state index in [9.17, 15) is 43.2 Å². The van der Waals surface area contributed by atoms with Crippen LogP contribution in [0.5, 0.6) is 0 Å². The van der Waals surface area contributed by atoms with Gasteiger partial charge in [0.15, 0.2) is 12.2 Å². The molecule has 0 bridgehead atoms. The molecule has 0 radical (unpaired) electrons. The number of aliphatic hydroxyl groups is 1. The number of phosphoric ester groups is 2. The minimum Gasteiger partial charge on any atom is -0.462 e. The van der Waals surface area contributed by atoms with Gasteiger partial charge in [0.2, 0.25) is 0 Å². The highest BCUT2D eigenvalue weighted by Gasteiger charge is 2.30. The molecule has 19 heteroatoms. The zero-order valence-electron chi connectivity index (χ0n) is 51.4. The fraction of sp³-hybridized carbons (Fsp3) is 0.934. The molecule has 0 saturated heterocycles. The number of phosphoric acid groups is 2. The lowest BCUT2D eigenvalue weighted by molar-refractivity contribution is -0.161. The first-order chi connectivity index (χ1) is 38.4. The van der Waals surface area contributed by atoms with Crippen molar-refractivity contribution in [2.45, 2.75) is 317 Å². The first kappa shape index (κ1) is 78.1. The lowest BCUT2D eigenvalue weighted by Gasteiger charge is -2.21. The molecule has 0 spiro atoms. The van der Waals surface area contributed by atoms with Crippen LogP contribution in [-0.2, 0) is 65.4 Å². The Bertz CT molecular complexity index is 1580. The molecule has 3 N–H and O–H groups in total. The zero-order chi connectivity index (χ0) is 59.4. The van der Waals surface area contributed by atoms with Crippen LogP contribution < -0.4 is 0 Å². The number of aliphatic hydroxyl groups excluding tert-OH is 1. The van der Waals surface area contributed by atoms with E-state index in [0.29, 0.717) is 25.7 Å². The highest BCUT2D eigenvalue weighted by Crippen LogP contribution is 2.45. The van der Waals surface area contributed by atoms with Gasteiger partial charge in [-0.3, -0.25) is 37.3 Å². The van der Waals surface area contributed by atoms with E-state index in [2.05, 4.69) is 41.5 Å². The van der Waals surface area contributed by atoms with E-state index in [1.807, 2.05) is 0 Å². The highest BCUT2D eigenvalue weighted by atomic mass is 31.2. The molecular weight excluding hydrogens is 1070 g/mol. The summed E-state index contributed by atoms with van der Waals surface area (Å²) in [5.74, 6) is -0.589. The quantitative estimate of drug-likeness (QED) is 0.0222. The second kappa shape index (κ2) is 53.8. The fourth-order valence-corrected chi connectivity index (χ4v) is 10.5. The van der Waals surface area contributed by atoms with E-state index in [1.54, 1.807) is 0 Å². The van der Waals surface area contributed by atoms with E-state index in [1.165, 1.54) is 103 Å². The Morgan fingerprint density at radius 3 is 0.950 bits per heavy atom. The third-order valence-electron chi connectivity index (χ3n) is 14.3. The third-order valence-corrected chi connectivity index (χ3v) is 16.2. The SMILES string of the molecule is CCCCCCCCCCC(=O)O[C@H](COC(=O)CCCCCCC)COP(=O)(O)OC[C@H](O)COP(=O)(O)OC[C@@H](COC(=O)CCCCCCCCCCCCC(C)C)OC(=O)CCCCCCCCCCCCC(C)CC. The smallest absolute Gasteiger partial charge is 0.462 e. The van der Waals surface area contributed by atoms with Crippen molar-refractivity contribution >= 4 is 39.5 Å². The summed E-state index contributed by atoms with van der Waals surface area (Å²) in [7, 11) is -9.87. The van der Waals surface area contributed by atoms with E-state index in [-0.39, 0.29) is 25.7 Å². The molecule has 0 amide bonds. The van der Waals surface area contributed by atoms with Gasteiger partial charge in [-0.1, -0.05) is 247 Å². The van der Waals surface area contributed by atoms with Crippen molar-refractivity contribution in [2.75, 3.05) is 39.6 Å². The highest BCUT2D eigenvalue weighted by molar-refractivity contribution is 7.47. The average Bonchev–Trinajstić information content (AvgIpc) is 3.42. The number of hydrogen-bond acceptors (Lipinski definition) is 15. The summed E-state index contributed by atoms with van der Waals surface area (Å²) in [5.41, 5.74) is 0. The van der Waals surface area contributed by atoms with Crippen LogP contribution in [0.15, 0.2) is 0 Å². The van der Waals surface area contributed by atoms with Gasteiger partial charge in [-0.15, -0.1) is 0 Å². The fourth-order valence-electron chi connectivity index (χ4n) is 8.97. The molecule has 0 saturated carbocycles. The summed E-state index contributed by atoms with van der Waals surface area (Å²) in [4.78, 5) is 71.8. The lowest BCUT2D eigenvalue weighted by Crippen LogP contribution is -2.30. The molecule has 0 aliphatic rings. The molecule has 0 aliphatic heterocycles. The summed E-state index contributed by atoms with van der Waals surface area (Å²) in [5, 5.41) is 10.5. The van der Waals surface area contributed by atoms with Crippen molar-refractivity contribution in [1.82, 2.24) is 0 Å². The van der Waals surface area contributed by atoms with Crippen molar-refractivity contribution in [3.05, 3.63) is 0 Å². The maximum Gasteiger partial charge on any atom is 0.472 e. The second-order valence-corrected chi connectivity index (χ2v) is 25.7. The Morgan fingerprint density at radius 2 is 0.637 bits per heavy atom. The second-order valence-electron chi connectivity index (χ2n) is 22.8. The van der Waals surface area contributed by atoms with Crippen LogP contribution in [0.25, 0.3) is 0 Å². The van der Waals surface area contributed by atoms with Crippen molar-refractivity contribution in [3.8, 4) is 0 Å². The van der Waals surface area contributed by atoms with Crippen molar-refractivity contribution in [1.29, 1.82) is 0 Å². The predicted molar refractivity (Wildman–Crippen MR) is 317 cm³/mol. The normalized spacial score (nSPS) is 14.7. The van der Waals surface area contributed by atoms with Gasteiger partial charge in [0.1, 0.15) is 19.3 Å². The van der Waals surface area contributed by atoms with Crippen molar-refractivity contribution < 1.29 is 80.2 Å². The molecule has 0 aliphatic carbocycles. The molecule has 0 aromatic carbocycles. The standard InChI is InChI=1S/C61H118O17P2/c1-7-10-12-14-15-26-33-39-45-60(65)77-56(49-71-58(63)43-37-29-13-11-8-2)51-75-79(67,68)73-47-55(62)48-74-80(69,70)76-52-57(50-72-59(64)44-38-32-27-22-18-16-20-24-30-35-41-53(4)5)78-61(66)46-40-34-28-23-19-17-21-25-31-36-42-54(6)9-3/h53-57,62H,7-52H2,1-6H3,(H,67,68)(H,69,70)/t54?,55-,56+,57+/m0/s1. The van der Waals surface area contributed by atoms with E-state index >= 15 is 0 Å². The van der Waals surface area contributed by atoms with Crippen LogP contribution in [-0.4, -0.2) is 96.7 Å². The van der Waals surface area contributed by atoms with Crippen LogP contribution in [0.1, 0.15) is 298 Å². The zero-order valence-corrected chi connectivity index (χ0v) is 53.2. The number of carbonyl (C=O) groups is 4. The van der Waals surface area contributed by atoms with Gasteiger partial charge in [-0.2, -0.15) is 0 Å². The van der Waals surface area contributed by atoms with Gasteiger partial charge in [0.25, 0.3) is 0 Å². The summed E-state index contributed by atoms with van der Waals surface area (Å²) in [6.45, 7) is 9.37. The van der Waals surface area contributed by atoms with Gasteiger partial charge in [0, 0.05) is 25.7 Å². The number of rotatable bonds is 60. The van der Waals surface area contributed by atoms with Gasteiger partial charge < -0.3 is 33.8 Å². The molecule has 0 rings (SSSR count). The molecule has 0 heterocycles. The Labute approximate surface area is 486 Å². The summed E-state index contributed by atoms with van der Waals surface area (Å²) in [6, 6.07) is 0. The van der Waals surface area contributed by atoms with Gasteiger partial charge in [-0.25, -0.2) is 9.13 Å². The third kappa shape index (κ3) is 54.0. The Balaban J connectivity index is 5.18. The molecule has 3 unspecified atom stereocenters. The topological polar surface area (TPSA) is 237 Å². The predicted octanol–water partition coefficient (Wildman–Crippen LogP) is 16.5. The molecule has 0 aromatic heterocycles. The first-order valence-corrected chi connectivity index (χ1v) is 35.0. The van der Waals surface area contributed by atoms with E-state index in [0.717, 1.165) is 115 Å². The molecule has 0 aromatic rings. The van der Waals surface area contributed by atoms with Gasteiger partial charge >= 0.3 is 39.5 Å². The van der Waals surface area contributed by atoms with Crippen molar-refractivity contribution in [2.24, 2.45) is 11.8 Å². The summed E-state index contributed by atoms with van der Waals surface area (Å²) < 4.78 is 67.6. The molecule has 6 atom stereocenters.